The fourth-order valence-corrected chi connectivity index (χ4v) is 3.23. The molecule has 0 fully saturated rings. The summed E-state index contributed by atoms with van der Waals surface area (Å²) < 4.78 is 71.2. The third kappa shape index (κ3) is 5.66. The summed E-state index contributed by atoms with van der Waals surface area (Å²) in [5, 5.41) is 17.0. The highest BCUT2D eigenvalue weighted by Crippen LogP contribution is 2.30. The third-order valence-corrected chi connectivity index (χ3v) is 5.41. The van der Waals surface area contributed by atoms with Crippen LogP contribution in [0.25, 0.3) is 17.2 Å². The van der Waals surface area contributed by atoms with Gasteiger partial charge < -0.3 is 14.5 Å². The van der Waals surface area contributed by atoms with Crippen LogP contribution in [0.3, 0.4) is 0 Å². The fraction of sp³-hybridized carbons (Fsp3) is 0.250. The minimum absolute atomic E-state index is 0.0284. The Morgan fingerprint density at radius 2 is 2.00 bits per heavy atom. The lowest BCUT2D eigenvalue weighted by Gasteiger charge is -2.12. The molecule has 0 atom stereocenters. The first-order chi connectivity index (χ1) is 13.8. The van der Waals surface area contributed by atoms with Gasteiger partial charge in [-0.05, 0) is 34.1 Å². The van der Waals surface area contributed by atoms with E-state index in [2.05, 4.69) is 36.2 Å². The number of aromatic nitrogens is 2. The molecule has 0 spiro atoms. The van der Waals surface area contributed by atoms with E-state index in [9.17, 15) is 26.4 Å². The number of rotatable bonds is 7. The van der Waals surface area contributed by atoms with Gasteiger partial charge in [0.1, 0.15) is 12.2 Å². The molecule has 0 saturated carbocycles. The number of hydrogen-bond acceptors (Lipinski definition) is 9. The predicted octanol–water partition coefficient (Wildman–Crippen LogP) is 2.55. The molecule has 30 heavy (non-hydrogen) atoms. The van der Waals surface area contributed by atoms with Crippen molar-refractivity contribution in [2.75, 3.05) is 19.9 Å². The minimum atomic E-state index is -5.00. The van der Waals surface area contributed by atoms with Crippen LogP contribution in [0.4, 0.5) is 13.2 Å². The molecule has 2 aromatic rings. The van der Waals surface area contributed by atoms with Crippen molar-refractivity contribution in [3.63, 3.8) is 0 Å². The van der Waals surface area contributed by atoms with E-state index in [1.54, 1.807) is 0 Å². The number of ether oxygens (including phenoxy) is 1. The van der Waals surface area contributed by atoms with Gasteiger partial charge in [0.2, 0.25) is 5.89 Å². The van der Waals surface area contributed by atoms with Crippen LogP contribution >= 0.6 is 15.9 Å². The molecule has 0 aliphatic carbocycles. The Labute approximate surface area is 176 Å². The topological polar surface area (TPSA) is 135 Å². The molecule has 0 amide bonds. The molecule has 0 radical (unpaired) electrons. The van der Waals surface area contributed by atoms with Crippen LogP contribution in [0.15, 0.2) is 38.1 Å². The van der Waals surface area contributed by atoms with Crippen LogP contribution in [0.2, 0.25) is 0 Å². The van der Waals surface area contributed by atoms with Crippen molar-refractivity contribution >= 4 is 43.1 Å². The number of benzene rings is 1. The monoisotopic (exact) mass is 510 g/mol. The maximum absolute atomic E-state index is 12.9. The smallest absolute Gasteiger partial charge is 0.433 e. The van der Waals surface area contributed by atoms with E-state index in [1.165, 1.54) is 24.3 Å². The van der Waals surface area contributed by atoms with Gasteiger partial charge in [-0.2, -0.15) is 13.2 Å². The zero-order valence-corrected chi connectivity index (χ0v) is 17.8. The molecule has 1 aromatic heterocycles. The lowest BCUT2D eigenvalue weighted by atomic mass is 10.2. The number of esters is 1. The Bertz CT molecular complexity index is 1110. The second-order valence-electron chi connectivity index (χ2n) is 5.70. The maximum atomic E-state index is 12.9. The van der Waals surface area contributed by atoms with Gasteiger partial charge in [-0.25, -0.2) is 8.42 Å². The summed E-state index contributed by atoms with van der Waals surface area (Å²) in [6.07, 6.45) is -3.99. The highest BCUT2D eigenvalue weighted by Gasteiger charge is 2.38. The number of hydrogen-bond donors (Lipinski definition) is 2. The maximum Gasteiger partial charge on any atom is 0.433 e. The summed E-state index contributed by atoms with van der Waals surface area (Å²) in [5.74, 6) is -1.46. The van der Waals surface area contributed by atoms with E-state index in [1.807, 2.05) is 0 Å². The summed E-state index contributed by atoms with van der Waals surface area (Å²) in [5.41, 5.74) is -2.03. The van der Waals surface area contributed by atoms with Crippen molar-refractivity contribution in [2.45, 2.75) is 11.1 Å². The molecule has 162 valence electrons. The normalized spacial score (nSPS) is 12.9. The number of carbonyl (C=O) groups is 1. The van der Waals surface area contributed by atoms with Crippen LogP contribution < -0.4 is 5.32 Å². The van der Waals surface area contributed by atoms with E-state index in [0.717, 1.165) is 13.4 Å². The number of allylic oxidation sites excluding steroid dienone is 1. The number of sulfone groups is 1. The molecule has 0 bridgehead atoms. The zero-order chi connectivity index (χ0) is 22.7. The van der Waals surface area contributed by atoms with Crippen LogP contribution in [0, 0.1) is 5.41 Å². The fourth-order valence-electron chi connectivity index (χ4n) is 2.03. The van der Waals surface area contributed by atoms with E-state index >= 15 is 0 Å². The largest absolute Gasteiger partial charge is 0.468 e. The lowest BCUT2D eigenvalue weighted by molar-refractivity contribution is -0.139. The highest BCUT2D eigenvalue weighted by molar-refractivity contribution is 9.12. The Hall–Kier alpha value is -2.74. The molecular formula is C16H14BrF3N4O5S. The van der Waals surface area contributed by atoms with Crippen LogP contribution in [-0.2, 0) is 19.4 Å². The second-order valence-corrected chi connectivity index (χ2v) is 8.51. The molecule has 0 unspecified atom stereocenters. The van der Waals surface area contributed by atoms with Crippen molar-refractivity contribution in [1.29, 1.82) is 5.41 Å². The van der Waals surface area contributed by atoms with Crippen LogP contribution in [0.5, 0.6) is 0 Å². The molecule has 1 aromatic carbocycles. The van der Waals surface area contributed by atoms with E-state index < -0.39 is 50.3 Å². The van der Waals surface area contributed by atoms with Gasteiger partial charge in [0.05, 0.1) is 16.5 Å². The average Bonchev–Trinajstić information content (AvgIpc) is 3.15. The number of halogens is 4. The molecule has 0 saturated heterocycles. The summed E-state index contributed by atoms with van der Waals surface area (Å²) in [6.45, 7) is -0.548. The predicted molar refractivity (Wildman–Crippen MR) is 102 cm³/mol. The van der Waals surface area contributed by atoms with Gasteiger partial charge in [-0.1, -0.05) is 6.07 Å². The van der Waals surface area contributed by atoms with Gasteiger partial charge in [0, 0.05) is 11.8 Å². The summed E-state index contributed by atoms with van der Waals surface area (Å²) in [4.78, 5) is 11.3. The van der Waals surface area contributed by atoms with E-state index in [0.29, 0.717) is 0 Å². The second kappa shape index (κ2) is 8.95. The SMILES string of the molecule is COC(=O)CN/C(=C(/Br)C(=N)C(F)(F)F)c1nnc(-c2cccc(S(C)(=O)=O)c2)o1. The Kier molecular flexibility index (Phi) is 7.02. The first-order valence-corrected chi connectivity index (χ1v) is 10.5. The van der Waals surface area contributed by atoms with Gasteiger partial charge in [-0.3, -0.25) is 10.2 Å². The Morgan fingerprint density at radius 1 is 1.33 bits per heavy atom. The first-order valence-electron chi connectivity index (χ1n) is 7.85. The van der Waals surface area contributed by atoms with Crippen LogP contribution in [0.1, 0.15) is 5.89 Å². The molecule has 14 heteroatoms. The van der Waals surface area contributed by atoms with Crippen molar-refractivity contribution < 1.29 is 35.5 Å². The lowest BCUT2D eigenvalue weighted by Crippen LogP contribution is -2.28. The summed E-state index contributed by atoms with van der Waals surface area (Å²) in [6, 6.07) is 5.49. The molecule has 9 nitrogen and oxygen atoms in total. The van der Waals surface area contributed by atoms with Crippen molar-refractivity contribution in [3.8, 4) is 11.5 Å². The molecule has 2 rings (SSSR count). The van der Waals surface area contributed by atoms with Gasteiger partial charge >= 0.3 is 12.1 Å². The van der Waals surface area contributed by atoms with Crippen molar-refractivity contribution in [3.05, 3.63) is 34.6 Å². The molecular weight excluding hydrogens is 497 g/mol. The molecule has 1 heterocycles. The average molecular weight is 511 g/mol. The van der Waals surface area contributed by atoms with E-state index in [4.69, 9.17) is 9.83 Å². The van der Waals surface area contributed by atoms with Crippen molar-refractivity contribution in [1.82, 2.24) is 15.5 Å². The third-order valence-electron chi connectivity index (χ3n) is 3.51. The Balaban J connectivity index is 2.50. The number of carbonyl (C=O) groups excluding carboxylic acids is 1. The van der Waals surface area contributed by atoms with Crippen LogP contribution in [-0.4, -0.2) is 56.4 Å². The van der Waals surface area contributed by atoms with E-state index in [-0.39, 0.29) is 16.3 Å². The molecule has 2 N–H and O–H groups in total. The standard InChI is InChI=1S/C16H14BrF3N4O5S/c1-28-10(25)7-22-12(11(17)13(21)16(18,19)20)15-24-23-14(29-15)8-4-3-5-9(6-8)30(2,26)27/h3-6,21-22H,7H2,1-2H3/b12-11+,21-13?. The highest BCUT2D eigenvalue weighted by atomic mass is 79.9. The molecule has 0 aliphatic rings. The summed E-state index contributed by atoms with van der Waals surface area (Å²) in [7, 11) is -2.45. The minimum Gasteiger partial charge on any atom is -0.468 e. The number of nitrogens with one attached hydrogen (secondary N) is 2. The Morgan fingerprint density at radius 3 is 2.57 bits per heavy atom. The number of methoxy groups -OCH3 is 1. The quantitative estimate of drug-likeness (QED) is 0.428. The van der Waals surface area contributed by atoms with Gasteiger partial charge in [0.25, 0.3) is 5.89 Å². The van der Waals surface area contributed by atoms with Gasteiger partial charge in [0.15, 0.2) is 15.5 Å². The summed E-state index contributed by atoms with van der Waals surface area (Å²) >= 11 is 2.67. The van der Waals surface area contributed by atoms with Gasteiger partial charge in [-0.15, -0.1) is 10.2 Å². The van der Waals surface area contributed by atoms with Crippen molar-refractivity contribution in [2.24, 2.45) is 0 Å². The number of nitrogens with zero attached hydrogens (tertiary/aromatic N) is 2. The first kappa shape index (κ1) is 23.5. The molecule has 0 aliphatic heterocycles. The zero-order valence-electron chi connectivity index (χ0n) is 15.4. The number of alkyl halides is 3.